The van der Waals surface area contributed by atoms with Crippen molar-refractivity contribution in [3.05, 3.63) is 36.0 Å². The van der Waals surface area contributed by atoms with Crippen molar-refractivity contribution in [3.63, 3.8) is 0 Å². The molecule has 0 saturated carbocycles. The molecule has 0 unspecified atom stereocenters. The molecule has 6 heteroatoms. The number of rotatable bonds is 4. The number of imidazole rings is 1. The van der Waals surface area contributed by atoms with Gasteiger partial charge in [0.2, 0.25) is 0 Å². The van der Waals surface area contributed by atoms with Gasteiger partial charge in [-0.2, -0.15) is 10.5 Å². The van der Waals surface area contributed by atoms with Crippen molar-refractivity contribution in [1.29, 1.82) is 10.5 Å². The summed E-state index contributed by atoms with van der Waals surface area (Å²) < 4.78 is 7.04. The summed E-state index contributed by atoms with van der Waals surface area (Å²) in [6.07, 6.45) is 3.87. The molecule has 0 radical (unpaired) electrons. The Balaban J connectivity index is 2.51. The van der Waals surface area contributed by atoms with Gasteiger partial charge in [-0.1, -0.05) is 6.92 Å². The number of pyridine rings is 1. The normalized spacial score (nSPS) is 9.63. The van der Waals surface area contributed by atoms with Gasteiger partial charge in [0.25, 0.3) is 0 Å². The van der Waals surface area contributed by atoms with E-state index in [0.29, 0.717) is 18.2 Å². The van der Waals surface area contributed by atoms with Crippen LogP contribution in [-0.2, 0) is 0 Å². The van der Waals surface area contributed by atoms with Gasteiger partial charge in [0.1, 0.15) is 18.5 Å². The van der Waals surface area contributed by atoms with Crippen molar-refractivity contribution in [2.45, 2.75) is 13.3 Å². The van der Waals surface area contributed by atoms with Crippen LogP contribution in [0.15, 0.2) is 24.7 Å². The molecule has 0 N–H and O–H groups in total. The van der Waals surface area contributed by atoms with Gasteiger partial charge in [-0.25, -0.2) is 9.97 Å². The zero-order valence-corrected chi connectivity index (χ0v) is 10.4. The van der Waals surface area contributed by atoms with Crippen molar-refractivity contribution in [3.8, 4) is 23.7 Å². The third-order valence-corrected chi connectivity index (χ3v) is 2.42. The van der Waals surface area contributed by atoms with Crippen LogP contribution in [0.2, 0.25) is 0 Å². The molecule has 0 aliphatic carbocycles. The number of aromatic nitrogens is 3. The molecular formula is C13H11N5O. The van der Waals surface area contributed by atoms with Crippen molar-refractivity contribution in [2.75, 3.05) is 6.61 Å². The summed E-state index contributed by atoms with van der Waals surface area (Å²) in [5.74, 6) is 1.02. The summed E-state index contributed by atoms with van der Waals surface area (Å²) in [5, 5.41) is 18.0. The standard InChI is InChI=1S/C13H11N5O/c1-2-6-19-12-4-3-5-16-13(12)18-9-17-10(7-14)11(18)8-15/h3-5,9H,2,6H2,1H3. The third kappa shape index (κ3) is 2.38. The van der Waals surface area contributed by atoms with E-state index in [-0.39, 0.29) is 11.4 Å². The second kappa shape index (κ2) is 5.65. The van der Waals surface area contributed by atoms with Gasteiger partial charge in [-0.15, -0.1) is 0 Å². The number of ether oxygens (including phenoxy) is 1. The Morgan fingerprint density at radius 1 is 1.32 bits per heavy atom. The van der Waals surface area contributed by atoms with Crippen LogP contribution in [0.3, 0.4) is 0 Å². The average Bonchev–Trinajstić information content (AvgIpc) is 2.88. The van der Waals surface area contributed by atoms with Crippen LogP contribution in [-0.4, -0.2) is 21.1 Å². The molecule has 0 saturated heterocycles. The molecule has 0 aromatic carbocycles. The number of hydrogen-bond donors (Lipinski definition) is 0. The molecule has 0 fully saturated rings. The molecule has 6 nitrogen and oxygen atoms in total. The highest BCUT2D eigenvalue weighted by atomic mass is 16.5. The van der Waals surface area contributed by atoms with E-state index in [2.05, 4.69) is 9.97 Å². The minimum absolute atomic E-state index is 0.0783. The third-order valence-electron chi connectivity index (χ3n) is 2.42. The molecule has 19 heavy (non-hydrogen) atoms. The van der Waals surface area contributed by atoms with Crippen molar-refractivity contribution >= 4 is 0 Å². The largest absolute Gasteiger partial charge is 0.490 e. The second-order valence-corrected chi connectivity index (χ2v) is 3.71. The summed E-state index contributed by atoms with van der Waals surface area (Å²) in [4.78, 5) is 8.08. The van der Waals surface area contributed by atoms with E-state index >= 15 is 0 Å². The first kappa shape index (κ1) is 12.6. The Kier molecular flexibility index (Phi) is 3.75. The summed E-state index contributed by atoms with van der Waals surface area (Å²) >= 11 is 0. The van der Waals surface area contributed by atoms with E-state index in [1.165, 1.54) is 10.9 Å². The highest BCUT2D eigenvalue weighted by Gasteiger charge is 2.15. The van der Waals surface area contributed by atoms with Gasteiger partial charge in [0.05, 0.1) is 6.61 Å². The summed E-state index contributed by atoms with van der Waals surface area (Å²) in [6, 6.07) is 7.36. The van der Waals surface area contributed by atoms with Crippen LogP contribution in [0, 0.1) is 22.7 Å². The first-order chi connectivity index (χ1) is 9.31. The summed E-state index contributed by atoms with van der Waals surface area (Å²) in [6.45, 7) is 2.56. The van der Waals surface area contributed by atoms with Gasteiger partial charge in [-0.3, -0.25) is 4.57 Å². The first-order valence-corrected chi connectivity index (χ1v) is 5.77. The maximum atomic E-state index is 9.12. The lowest BCUT2D eigenvalue weighted by Gasteiger charge is -2.10. The highest BCUT2D eigenvalue weighted by Crippen LogP contribution is 2.22. The number of nitriles is 2. The molecular weight excluding hydrogens is 242 g/mol. The SMILES string of the molecule is CCCOc1cccnc1-n1cnc(C#N)c1C#N. The fourth-order valence-corrected chi connectivity index (χ4v) is 1.59. The van der Waals surface area contributed by atoms with Gasteiger partial charge >= 0.3 is 0 Å². The monoisotopic (exact) mass is 253 g/mol. The van der Waals surface area contributed by atoms with E-state index in [1.807, 2.05) is 19.1 Å². The lowest BCUT2D eigenvalue weighted by Crippen LogP contribution is -2.05. The summed E-state index contributed by atoms with van der Waals surface area (Å²) in [7, 11) is 0. The first-order valence-electron chi connectivity index (χ1n) is 5.77. The van der Waals surface area contributed by atoms with Gasteiger partial charge in [0, 0.05) is 6.20 Å². The second-order valence-electron chi connectivity index (χ2n) is 3.71. The predicted octanol–water partition coefficient (Wildman–Crippen LogP) is 1.80. The molecule has 2 heterocycles. The smallest absolute Gasteiger partial charge is 0.181 e. The molecule has 94 valence electrons. The van der Waals surface area contributed by atoms with Crippen LogP contribution in [0.4, 0.5) is 0 Å². The number of hydrogen-bond acceptors (Lipinski definition) is 5. The highest BCUT2D eigenvalue weighted by molar-refractivity contribution is 5.47. The Hall–Kier alpha value is -2.86. The maximum absolute atomic E-state index is 9.12. The quantitative estimate of drug-likeness (QED) is 0.829. The van der Waals surface area contributed by atoms with E-state index in [1.54, 1.807) is 18.3 Å². The molecule has 0 bridgehead atoms. The molecule has 0 amide bonds. The molecule has 0 spiro atoms. The van der Waals surface area contributed by atoms with E-state index in [0.717, 1.165) is 6.42 Å². The predicted molar refractivity (Wildman–Crippen MR) is 66.6 cm³/mol. The molecule has 0 aliphatic rings. The van der Waals surface area contributed by atoms with Crippen molar-refractivity contribution in [2.24, 2.45) is 0 Å². The van der Waals surface area contributed by atoms with Gasteiger partial charge in [-0.05, 0) is 18.6 Å². The Bertz CT molecular complexity index is 662. The van der Waals surface area contributed by atoms with Crippen LogP contribution in [0.25, 0.3) is 5.82 Å². The number of nitrogens with zero attached hydrogens (tertiary/aromatic N) is 5. The Labute approximate surface area is 110 Å². The fraction of sp³-hybridized carbons (Fsp3) is 0.231. The van der Waals surface area contributed by atoms with Gasteiger partial charge < -0.3 is 4.74 Å². The van der Waals surface area contributed by atoms with E-state index in [4.69, 9.17) is 15.3 Å². The molecule has 2 rings (SSSR count). The molecule has 0 aliphatic heterocycles. The minimum Gasteiger partial charge on any atom is -0.490 e. The van der Waals surface area contributed by atoms with Gasteiger partial charge in [0.15, 0.2) is 23.0 Å². The van der Waals surface area contributed by atoms with E-state index < -0.39 is 0 Å². The Morgan fingerprint density at radius 3 is 2.84 bits per heavy atom. The minimum atomic E-state index is 0.0783. The fourth-order valence-electron chi connectivity index (χ4n) is 1.59. The lowest BCUT2D eigenvalue weighted by atomic mass is 10.3. The maximum Gasteiger partial charge on any atom is 0.181 e. The van der Waals surface area contributed by atoms with E-state index in [9.17, 15) is 0 Å². The van der Waals surface area contributed by atoms with Crippen LogP contribution < -0.4 is 4.74 Å². The molecule has 2 aromatic heterocycles. The van der Waals surface area contributed by atoms with Crippen molar-refractivity contribution in [1.82, 2.24) is 14.5 Å². The van der Waals surface area contributed by atoms with Crippen LogP contribution in [0.1, 0.15) is 24.7 Å². The molecule has 2 aromatic rings. The average molecular weight is 253 g/mol. The topological polar surface area (TPSA) is 87.5 Å². The zero-order chi connectivity index (χ0) is 13.7. The van der Waals surface area contributed by atoms with Crippen molar-refractivity contribution < 1.29 is 4.74 Å². The lowest BCUT2D eigenvalue weighted by molar-refractivity contribution is 0.315. The summed E-state index contributed by atoms with van der Waals surface area (Å²) in [5.41, 5.74) is 0.233. The van der Waals surface area contributed by atoms with Crippen LogP contribution in [0.5, 0.6) is 5.75 Å². The Morgan fingerprint density at radius 2 is 2.16 bits per heavy atom. The molecule has 0 atom stereocenters. The van der Waals surface area contributed by atoms with Crippen LogP contribution >= 0.6 is 0 Å². The zero-order valence-electron chi connectivity index (χ0n) is 10.4.